The largest absolute Gasteiger partial charge is 0.459 e. The molecule has 1 aromatic rings. The van der Waals surface area contributed by atoms with Gasteiger partial charge in [-0.25, -0.2) is 0 Å². The molecule has 0 aliphatic carbocycles. The highest BCUT2D eigenvalue weighted by Gasteiger charge is 2.53. The fourth-order valence-corrected chi connectivity index (χ4v) is 3.29. The molecule has 6 nitrogen and oxygen atoms in total. The highest BCUT2D eigenvalue weighted by molar-refractivity contribution is 5.92. The minimum absolute atomic E-state index is 0.0482. The molecule has 0 saturated carbocycles. The van der Waals surface area contributed by atoms with Crippen LogP contribution in [0.3, 0.4) is 0 Å². The van der Waals surface area contributed by atoms with E-state index in [1.807, 2.05) is 14.0 Å². The summed E-state index contributed by atoms with van der Waals surface area (Å²) in [5, 5.41) is 0. The summed E-state index contributed by atoms with van der Waals surface area (Å²) in [4.78, 5) is 28.1. The molecular weight excluding hydrogens is 296 g/mol. The molecule has 2 fully saturated rings. The van der Waals surface area contributed by atoms with Crippen molar-refractivity contribution >= 4 is 11.8 Å². The van der Waals surface area contributed by atoms with E-state index in [4.69, 9.17) is 9.15 Å². The first-order valence-electron chi connectivity index (χ1n) is 8.23. The van der Waals surface area contributed by atoms with Crippen LogP contribution in [0.25, 0.3) is 0 Å². The molecule has 0 radical (unpaired) electrons. The van der Waals surface area contributed by atoms with E-state index in [0.717, 1.165) is 19.3 Å². The van der Waals surface area contributed by atoms with Crippen LogP contribution in [0, 0.1) is 0 Å². The van der Waals surface area contributed by atoms with Crippen LogP contribution in [0.15, 0.2) is 22.8 Å². The van der Waals surface area contributed by atoms with Crippen molar-refractivity contribution in [1.82, 2.24) is 9.80 Å². The van der Waals surface area contributed by atoms with Crippen molar-refractivity contribution in [3.05, 3.63) is 24.2 Å². The fraction of sp³-hybridized carbons (Fsp3) is 0.647. The molecule has 0 N–H and O–H groups in total. The predicted octanol–water partition coefficient (Wildman–Crippen LogP) is 1.91. The average Bonchev–Trinajstić information content (AvgIpc) is 3.19. The van der Waals surface area contributed by atoms with E-state index in [1.165, 1.54) is 6.26 Å². The van der Waals surface area contributed by atoms with Crippen LogP contribution >= 0.6 is 0 Å². The van der Waals surface area contributed by atoms with Crippen molar-refractivity contribution in [3.8, 4) is 0 Å². The zero-order valence-corrected chi connectivity index (χ0v) is 13.9. The summed E-state index contributed by atoms with van der Waals surface area (Å²) in [7, 11) is 1.83. The van der Waals surface area contributed by atoms with Gasteiger partial charge < -0.3 is 19.0 Å². The molecule has 0 unspecified atom stereocenters. The Bertz CT molecular complexity index is 577. The smallest absolute Gasteiger partial charge is 0.289 e. The van der Waals surface area contributed by atoms with Gasteiger partial charge in [-0.3, -0.25) is 9.59 Å². The number of likely N-dealkylation sites (N-methyl/N-ethyl adjacent to an activating group) is 1. The van der Waals surface area contributed by atoms with E-state index in [9.17, 15) is 9.59 Å². The van der Waals surface area contributed by atoms with E-state index in [1.54, 1.807) is 21.9 Å². The van der Waals surface area contributed by atoms with E-state index >= 15 is 0 Å². The number of furan rings is 1. The van der Waals surface area contributed by atoms with Crippen molar-refractivity contribution in [2.75, 3.05) is 20.1 Å². The minimum Gasteiger partial charge on any atom is -0.459 e. The number of amides is 2. The zero-order chi connectivity index (χ0) is 16.6. The highest BCUT2D eigenvalue weighted by atomic mass is 16.5. The van der Waals surface area contributed by atoms with Gasteiger partial charge in [0.25, 0.3) is 11.8 Å². The first kappa shape index (κ1) is 16.1. The maximum absolute atomic E-state index is 12.5. The second-order valence-corrected chi connectivity index (χ2v) is 6.67. The third-order valence-electron chi connectivity index (χ3n) is 5.11. The van der Waals surface area contributed by atoms with Gasteiger partial charge in [0.15, 0.2) is 5.76 Å². The van der Waals surface area contributed by atoms with Crippen LogP contribution in [0.2, 0.25) is 0 Å². The third-order valence-corrected chi connectivity index (χ3v) is 5.11. The van der Waals surface area contributed by atoms with Gasteiger partial charge in [0.2, 0.25) is 0 Å². The van der Waals surface area contributed by atoms with Crippen molar-refractivity contribution in [2.24, 2.45) is 0 Å². The van der Waals surface area contributed by atoms with E-state index < -0.39 is 0 Å². The molecule has 2 atom stereocenters. The van der Waals surface area contributed by atoms with Gasteiger partial charge in [-0.15, -0.1) is 0 Å². The molecule has 0 bridgehead atoms. The van der Waals surface area contributed by atoms with Gasteiger partial charge in [-0.05, 0) is 38.3 Å². The summed E-state index contributed by atoms with van der Waals surface area (Å²) in [6.07, 6.45) is 3.58. The Labute approximate surface area is 136 Å². The number of carbonyl (C=O) groups is 2. The molecule has 23 heavy (non-hydrogen) atoms. The van der Waals surface area contributed by atoms with Crippen LogP contribution in [-0.4, -0.2) is 59.5 Å². The number of hydrogen-bond donors (Lipinski definition) is 0. The monoisotopic (exact) mass is 320 g/mol. The Hall–Kier alpha value is -1.82. The number of nitrogens with zero attached hydrogens (tertiary/aromatic N) is 2. The van der Waals surface area contributed by atoms with E-state index in [2.05, 4.69) is 6.92 Å². The minimum atomic E-state index is -0.380. The van der Waals surface area contributed by atoms with Crippen molar-refractivity contribution in [3.63, 3.8) is 0 Å². The quantitative estimate of drug-likeness (QED) is 0.850. The van der Waals surface area contributed by atoms with Gasteiger partial charge in [0.05, 0.1) is 19.4 Å². The first-order valence-corrected chi connectivity index (χ1v) is 8.23. The topological polar surface area (TPSA) is 63.0 Å². The lowest BCUT2D eigenvalue weighted by Crippen LogP contribution is -2.63. The lowest BCUT2D eigenvalue weighted by molar-refractivity contribution is -0.159. The predicted molar refractivity (Wildman–Crippen MR) is 84.0 cm³/mol. The first-order chi connectivity index (χ1) is 11.0. The molecule has 2 amide bonds. The summed E-state index contributed by atoms with van der Waals surface area (Å²) in [6.45, 7) is 5.16. The number of ether oxygens (including phenoxy) is 1. The number of hydrogen-bond acceptors (Lipinski definition) is 4. The van der Waals surface area contributed by atoms with Gasteiger partial charge in [-0.2, -0.15) is 0 Å². The molecule has 3 heterocycles. The van der Waals surface area contributed by atoms with Crippen molar-refractivity contribution in [1.29, 1.82) is 0 Å². The van der Waals surface area contributed by atoms with Gasteiger partial charge in [0, 0.05) is 13.1 Å². The maximum atomic E-state index is 12.5. The van der Waals surface area contributed by atoms with Crippen LogP contribution in [0.5, 0.6) is 0 Å². The third kappa shape index (κ3) is 2.87. The Morgan fingerprint density at radius 2 is 2.22 bits per heavy atom. The van der Waals surface area contributed by atoms with Crippen molar-refractivity contribution in [2.45, 2.75) is 50.9 Å². The molecule has 2 aliphatic heterocycles. The fourth-order valence-electron chi connectivity index (χ4n) is 3.29. The lowest BCUT2D eigenvalue weighted by atomic mass is 9.90. The van der Waals surface area contributed by atoms with Crippen LogP contribution in [0.1, 0.15) is 43.7 Å². The number of carbonyl (C=O) groups excluding carboxylic acids is 2. The van der Waals surface area contributed by atoms with Crippen LogP contribution in [0.4, 0.5) is 0 Å². The van der Waals surface area contributed by atoms with E-state index in [-0.39, 0.29) is 29.6 Å². The normalized spacial score (nSPS) is 23.6. The molecule has 1 spiro atoms. The summed E-state index contributed by atoms with van der Waals surface area (Å²) >= 11 is 0. The molecule has 2 saturated heterocycles. The SMILES string of the molecule is CC[C@@H](C)N(C)C(=O)[C@@H]1CCC2(CN(C(=O)c3ccco3)C2)O1. The second-order valence-electron chi connectivity index (χ2n) is 6.67. The highest BCUT2D eigenvalue weighted by Crippen LogP contribution is 2.39. The van der Waals surface area contributed by atoms with Crippen molar-refractivity contribution < 1.29 is 18.7 Å². The Morgan fingerprint density at radius 1 is 1.48 bits per heavy atom. The summed E-state index contributed by atoms with van der Waals surface area (Å²) in [5.74, 6) is 0.282. The molecule has 1 aromatic heterocycles. The lowest BCUT2D eigenvalue weighted by Gasteiger charge is -2.47. The Kier molecular flexibility index (Phi) is 4.19. The molecule has 6 heteroatoms. The molecular formula is C17H24N2O4. The molecule has 2 aliphatic rings. The second kappa shape index (κ2) is 6.00. The van der Waals surface area contributed by atoms with Gasteiger partial charge in [0.1, 0.15) is 11.7 Å². The number of rotatable bonds is 4. The molecule has 126 valence electrons. The molecule has 3 rings (SSSR count). The van der Waals surface area contributed by atoms with Gasteiger partial charge >= 0.3 is 0 Å². The van der Waals surface area contributed by atoms with Crippen LogP contribution in [-0.2, 0) is 9.53 Å². The number of likely N-dealkylation sites (tertiary alicyclic amines) is 1. The maximum Gasteiger partial charge on any atom is 0.289 e. The van der Waals surface area contributed by atoms with E-state index in [0.29, 0.717) is 18.8 Å². The molecule has 0 aromatic carbocycles. The zero-order valence-electron chi connectivity index (χ0n) is 13.9. The summed E-state index contributed by atoms with van der Waals surface area (Å²) in [6, 6.07) is 3.57. The van der Waals surface area contributed by atoms with Gasteiger partial charge in [-0.1, -0.05) is 6.92 Å². The summed E-state index contributed by atoms with van der Waals surface area (Å²) < 4.78 is 11.2. The Balaban J connectivity index is 1.55. The van der Waals surface area contributed by atoms with Crippen LogP contribution < -0.4 is 0 Å². The Morgan fingerprint density at radius 3 is 2.83 bits per heavy atom. The average molecular weight is 320 g/mol. The summed E-state index contributed by atoms with van der Waals surface area (Å²) in [5.41, 5.74) is -0.348. The standard InChI is InChI=1S/C17H24N2O4/c1-4-12(2)18(3)15(20)14-7-8-17(23-14)10-19(11-17)16(21)13-6-5-9-22-13/h5-6,9,12,14H,4,7-8,10-11H2,1-3H3/t12-,14+/m1/s1.